The number of hydrogen-bond acceptors (Lipinski definition) is 3. The van der Waals surface area contributed by atoms with Crippen molar-refractivity contribution in [2.24, 2.45) is 0 Å². The zero-order chi connectivity index (χ0) is 10.5. The SMILES string of the molecule is O=CCC(N1CCCCC1)n1cccn1. The summed E-state index contributed by atoms with van der Waals surface area (Å²) in [5, 5.41) is 4.23. The van der Waals surface area contributed by atoms with E-state index < -0.39 is 0 Å². The molecule has 0 saturated carbocycles. The summed E-state index contributed by atoms with van der Waals surface area (Å²) in [6.45, 7) is 2.16. The second-order valence-electron chi connectivity index (χ2n) is 3.97. The van der Waals surface area contributed by atoms with Crippen molar-refractivity contribution in [2.45, 2.75) is 31.8 Å². The van der Waals surface area contributed by atoms with Gasteiger partial charge in [0, 0.05) is 31.9 Å². The van der Waals surface area contributed by atoms with Crippen LogP contribution in [0.5, 0.6) is 0 Å². The summed E-state index contributed by atoms with van der Waals surface area (Å²) in [5.41, 5.74) is 0. The summed E-state index contributed by atoms with van der Waals surface area (Å²) in [6, 6.07) is 1.90. The van der Waals surface area contributed by atoms with Crippen LogP contribution >= 0.6 is 0 Å². The van der Waals surface area contributed by atoms with Crippen molar-refractivity contribution < 1.29 is 4.79 Å². The van der Waals surface area contributed by atoms with Gasteiger partial charge in [-0.05, 0) is 18.9 Å². The minimum atomic E-state index is 0.123. The predicted octanol–water partition coefficient (Wildman–Crippen LogP) is 1.46. The van der Waals surface area contributed by atoms with Crippen LogP contribution in [-0.2, 0) is 4.79 Å². The smallest absolute Gasteiger partial charge is 0.123 e. The van der Waals surface area contributed by atoms with E-state index in [1.807, 2.05) is 16.9 Å². The Balaban J connectivity index is 2.07. The number of hydrogen-bond donors (Lipinski definition) is 0. The minimum absolute atomic E-state index is 0.123. The maximum absolute atomic E-state index is 10.7. The molecule has 0 aromatic carbocycles. The lowest BCUT2D eigenvalue weighted by Gasteiger charge is -2.33. The zero-order valence-corrected chi connectivity index (χ0v) is 8.88. The molecule has 1 atom stereocenters. The largest absolute Gasteiger partial charge is 0.303 e. The molecule has 1 aliphatic heterocycles. The minimum Gasteiger partial charge on any atom is -0.303 e. The first-order valence-corrected chi connectivity index (χ1v) is 5.58. The summed E-state index contributed by atoms with van der Waals surface area (Å²) >= 11 is 0. The van der Waals surface area contributed by atoms with Crippen LogP contribution in [0.4, 0.5) is 0 Å². The van der Waals surface area contributed by atoms with E-state index in [-0.39, 0.29) is 6.17 Å². The lowest BCUT2D eigenvalue weighted by molar-refractivity contribution is -0.110. The van der Waals surface area contributed by atoms with Gasteiger partial charge in [0.25, 0.3) is 0 Å². The molecule has 0 radical (unpaired) electrons. The van der Waals surface area contributed by atoms with Crippen LogP contribution in [0, 0.1) is 0 Å². The molecule has 0 amide bonds. The molecule has 4 nitrogen and oxygen atoms in total. The lowest BCUT2D eigenvalue weighted by Crippen LogP contribution is -2.37. The number of carbonyl (C=O) groups excluding carboxylic acids is 1. The van der Waals surface area contributed by atoms with Crippen LogP contribution in [-0.4, -0.2) is 34.1 Å². The van der Waals surface area contributed by atoms with E-state index in [9.17, 15) is 4.79 Å². The van der Waals surface area contributed by atoms with Gasteiger partial charge < -0.3 is 4.79 Å². The monoisotopic (exact) mass is 207 g/mol. The molecule has 0 bridgehead atoms. The normalized spacial score (nSPS) is 20.0. The van der Waals surface area contributed by atoms with Gasteiger partial charge in [0.05, 0.1) is 0 Å². The van der Waals surface area contributed by atoms with Crippen molar-refractivity contribution in [1.29, 1.82) is 0 Å². The first-order chi connectivity index (χ1) is 7.42. The van der Waals surface area contributed by atoms with E-state index in [2.05, 4.69) is 10.00 Å². The molecule has 2 heterocycles. The molecule has 0 spiro atoms. The van der Waals surface area contributed by atoms with Gasteiger partial charge in [-0.3, -0.25) is 9.58 Å². The molecular formula is C11H17N3O. The second kappa shape index (κ2) is 5.07. The molecule has 1 aromatic rings. The molecule has 1 unspecified atom stereocenters. The number of piperidine rings is 1. The molecule has 4 heteroatoms. The Morgan fingerprint density at radius 2 is 2.13 bits per heavy atom. The van der Waals surface area contributed by atoms with E-state index in [4.69, 9.17) is 0 Å². The third kappa shape index (κ3) is 2.45. The molecule has 0 aliphatic carbocycles. The number of nitrogens with zero attached hydrogens (tertiary/aromatic N) is 3. The topological polar surface area (TPSA) is 38.1 Å². The molecular weight excluding hydrogens is 190 g/mol. The first kappa shape index (κ1) is 10.4. The Bertz CT molecular complexity index is 291. The fourth-order valence-corrected chi connectivity index (χ4v) is 2.18. The average molecular weight is 207 g/mol. The number of rotatable bonds is 4. The van der Waals surface area contributed by atoms with Gasteiger partial charge in [0.15, 0.2) is 0 Å². The van der Waals surface area contributed by atoms with Gasteiger partial charge >= 0.3 is 0 Å². The van der Waals surface area contributed by atoms with Crippen molar-refractivity contribution in [3.05, 3.63) is 18.5 Å². The molecule has 15 heavy (non-hydrogen) atoms. The molecule has 82 valence electrons. The third-order valence-electron chi connectivity index (χ3n) is 2.95. The standard InChI is InChI=1S/C11H17N3O/c15-10-5-11(14-9-4-6-12-14)13-7-2-1-3-8-13/h4,6,9-11H,1-3,5,7-8H2. The van der Waals surface area contributed by atoms with Crippen LogP contribution in [0.15, 0.2) is 18.5 Å². The summed E-state index contributed by atoms with van der Waals surface area (Å²) in [4.78, 5) is 13.0. The van der Waals surface area contributed by atoms with E-state index in [0.717, 1.165) is 19.4 Å². The number of carbonyl (C=O) groups is 1. The predicted molar refractivity (Wildman–Crippen MR) is 57.4 cm³/mol. The molecule has 1 saturated heterocycles. The summed E-state index contributed by atoms with van der Waals surface area (Å²) in [6.07, 6.45) is 9.11. The van der Waals surface area contributed by atoms with Crippen molar-refractivity contribution in [2.75, 3.05) is 13.1 Å². The van der Waals surface area contributed by atoms with Crippen LogP contribution < -0.4 is 0 Å². The van der Waals surface area contributed by atoms with E-state index >= 15 is 0 Å². The number of aromatic nitrogens is 2. The Hall–Kier alpha value is -1.16. The highest BCUT2D eigenvalue weighted by molar-refractivity contribution is 5.49. The summed E-state index contributed by atoms with van der Waals surface area (Å²) in [5.74, 6) is 0. The zero-order valence-electron chi connectivity index (χ0n) is 8.88. The first-order valence-electron chi connectivity index (χ1n) is 5.58. The Kier molecular flexibility index (Phi) is 3.50. The maximum Gasteiger partial charge on any atom is 0.123 e. The highest BCUT2D eigenvalue weighted by Crippen LogP contribution is 2.20. The molecule has 1 aromatic heterocycles. The average Bonchev–Trinajstić information content (AvgIpc) is 2.80. The fourth-order valence-electron chi connectivity index (χ4n) is 2.18. The number of likely N-dealkylation sites (tertiary alicyclic amines) is 1. The molecule has 1 fully saturated rings. The fraction of sp³-hybridized carbons (Fsp3) is 0.636. The summed E-state index contributed by atoms with van der Waals surface area (Å²) in [7, 11) is 0. The van der Waals surface area contributed by atoms with Gasteiger partial charge in [0.1, 0.15) is 12.5 Å². The third-order valence-corrected chi connectivity index (χ3v) is 2.95. The van der Waals surface area contributed by atoms with Gasteiger partial charge in [-0.2, -0.15) is 5.10 Å². The van der Waals surface area contributed by atoms with Gasteiger partial charge in [0.2, 0.25) is 0 Å². The van der Waals surface area contributed by atoms with Crippen molar-refractivity contribution in [3.8, 4) is 0 Å². The van der Waals surface area contributed by atoms with Crippen molar-refractivity contribution in [3.63, 3.8) is 0 Å². The summed E-state index contributed by atoms with van der Waals surface area (Å²) < 4.78 is 1.89. The molecule has 0 N–H and O–H groups in total. The maximum atomic E-state index is 10.7. The van der Waals surface area contributed by atoms with Crippen LogP contribution in [0.3, 0.4) is 0 Å². The van der Waals surface area contributed by atoms with Gasteiger partial charge in [-0.1, -0.05) is 6.42 Å². The van der Waals surface area contributed by atoms with E-state index in [1.54, 1.807) is 6.20 Å². The van der Waals surface area contributed by atoms with Gasteiger partial charge in [-0.25, -0.2) is 0 Å². The van der Waals surface area contributed by atoms with Crippen LogP contribution in [0.25, 0.3) is 0 Å². The van der Waals surface area contributed by atoms with Gasteiger partial charge in [-0.15, -0.1) is 0 Å². The lowest BCUT2D eigenvalue weighted by atomic mass is 10.1. The van der Waals surface area contributed by atoms with Crippen LogP contribution in [0.1, 0.15) is 31.8 Å². The highest BCUT2D eigenvalue weighted by Gasteiger charge is 2.21. The van der Waals surface area contributed by atoms with E-state index in [0.29, 0.717) is 6.42 Å². The number of aldehydes is 1. The molecule has 1 aliphatic rings. The second-order valence-corrected chi connectivity index (χ2v) is 3.97. The van der Waals surface area contributed by atoms with Crippen molar-refractivity contribution >= 4 is 6.29 Å². The van der Waals surface area contributed by atoms with Crippen LogP contribution in [0.2, 0.25) is 0 Å². The Morgan fingerprint density at radius 1 is 1.33 bits per heavy atom. The van der Waals surface area contributed by atoms with Crippen molar-refractivity contribution in [1.82, 2.24) is 14.7 Å². The molecule has 2 rings (SSSR count). The highest BCUT2D eigenvalue weighted by atomic mass is 16.1. The quantitative estimate of drug-likeness (QED) is 0.701. The Labute approximate surface area is 89.9 Å². The Morgan fingerprint density at radius 3 is 2.73 bits per heavy atom. The van der Waals surface area contributed by atoms with E-state index in [1.165, 1.54) is 19.3 Å².